The molecule has 0 unspecified atom stereocenters. The van der Waals surface area contributed by atoms with Crippen molar-refractivity contribution in [2.45, 2.75) is 221 Å². The van der Waals surface area contributed by atoms with Gasteiger partial charge in [-0.25, -0.2) is 0 Å². The molecule has 0 aliphatic carbocycles. The van der Waals surface area contributed by atoms with Gasteiger partial charge in [0.05, 0.1) is 0 Å². The molecular weight excluding hydrogens is 901 g/mol. The summed E-state index contributed by atoms with van der Waals surface area (Å²) < 4.78 is 0. The Labute approximate surface area is 464 Å². The molecule has 408 valence electrons. The molecule has 75 heavy (non-hydrogen) atoms. The minimum absolute atomic E-state index is 0.647. The molecular formula is C75H108. The van der Waals surface area contributed by atoms with Gasteiger partial charge in [-0.05, 0) is 202 Å². The van der Waals surface area contributed by atoms with Crippen molar-refractivity contribution in [1.29, 1.82) is 0 Å². The van der Waals surface area contributed by atoms with Crippen molar-refractivity contribution < 1.29 is 0 Å². The van der Waals surface area contributed by atoms with Gasteiger partial charge in [0.2, 0.25) is 0 Å². The van der Waals surface area contributed by atoms with E-state index in [-0.39, 0.29) is 0 Å². The zero-order valence-corrected chi connectivity index (χ0v) is 52.8. The fourth-order valence-corrected chi connectivity index (χ4v) is 9.60. The van der Waals surface area contributed by atoms with Crippen LogP contribution in [0.3, 0.4) is 0 Å². The van der Waals surface area contributed by atoms with Gasteiger partial charge in [-0.2, -0.15) is 0 Å². The van der Waals surface area contributed by atoms with E-state index >= 15 is 0 Å². The van der Waals surface area contributed by atoms with Crippen LogP contribution in [0.25, 0.3) is 0 Å². The van der Waals surface area contributed by atoms with Crippen LogP contribution in [0.4, 0.5) is 0 Å². The van der Waals surface area contributed by atoms with Crippen LogP contribution < -0.4 is 0 Å². The van der Waals surface area contributed by atoms with Crippen molar-refractivity contribution in [2.24, 2.45) is 0 Å². The Morgan fingerprint density at radius 2 is 0.600 bits per heavy atom. The predicted molar refractivity (Wildman–Crippen MR) is 341 cm³/mol. The third kappa shape index (κ3) is 25.3. The molecule has 0 saturated heterocycles. The lowest BCUT2D eigenvalue weighted by atomic mass is 9.94. The van der Waals surface area contributed by atoms with Crippen LogP contribution in [-0.4, -0.2) is 0 Å². The minimum atomic E-state index is 0.647. The molecule has 0 fully saturated rings. The standard InChI is InChI=1S/5C11H16.2C10H14/c1-8(2)11-6-9(3)5-10(4)7-11;1-8(2)11-6-5-9(3)7-10(11)4;1-8(2)11-7-9(3)5-6-10(11)4;1-8(2)11-7-5-6-9(3)10(11)4;1-8(2)11-9(3)6-5-7-10(11)4;1-8(2)10-6-4-5-9(3)7-10;1-8(2)10-7-5-4-6-9(10)3/h5*5-8H,1-4H3;2*4-8H,1-3H3. The van der Waals surface area contributed by atoms with Crippen molar-refractivity contribution in [3.63, 3.8) is 0 Å². The van der Waals surface area contributed by atoms with Crippen LogP contribution in [-0.2, 0) is 0 Å². The van der Waals surface area contributed by atoms with Gasteiger partial charge in [0.15, 0.2) is 0 Å². The average Bonchev–Trinajstić information content (AvgIpc) is 3.31. The number of hydrogen-bond donors (Lipinski definition) is 0. The number of aryl methyl sites for hydroxylation is 11. The second-order valence-corrected chi connectivity index (χ2v) is 23.6. The summed E-state index contributed by atoms with van der Waals surface area (Å²) in [5.41, 5.74) is 27.0. The fraction of sp³-hybridized carbons (Fsp3) is 0.440. The zero-order valence-electron chi connectivity index (χ0n) is 52.8. The first kappa shape index (κ1) is 67.6. The fourth-order valence-electron chi connectivity index (χ4n) is 9.60. The molecule has 7 rings (SSSR count). The van der Waals surface area contributed by atoms with Gasteiger partial charge in [0.1, 0.15) is 0 Å². The maximum atomic E-state index is 2.28. The molecule has 0 bridgehead atoms. The van der Waals surface area contributed by atoms with E-state index in [4.69, 9.17) is 0 Å². The highest BCUT2D eigenvalue weighted by Gasteiger charge is 2.07. The van der Waals surface area contributed by atoms with E-state index in [9.17, 15) is 0 Å². The summed E-state index contributed by atoms with van der Waals surface area (Å²) in [5, 5.41) is 0. The van der Waals surface area contributed by atoms with E-state index in [1.807, 2.05) is 0 Å². The Balaban J connectivity index is 0.000000438. The first-order chi connectivity index (χ1) is 35.0. The first-order valence-electron chi connectivity index (χ1n) is 28.4. The molecule has 0 spiro atoms. The van der Waals surface area contributed by atoms with Crippen molar-refractivity contribution in [2.75, 3.05) is 0 Å². The highest BCUT2D eigenvalue weighted by atomic mass is 14.1. The molecule has 0 aliphatic heterocycles. The summed E-state index contributed by atoms with van der Waals surface area (Å²) in [6.07, 6.45) is 0. The number of hydrogen-bond acceptors (Lipinski definition) is 0. The topological polar surface area (TPSA) is 0 Å². The molecule has 0 radical (unpaired) electrons. The zero-order chi connectivity index (χ0) is 57.3. The van der Waals surface area contributed by atoms with Crippen LogP contribution in [0.15, 0.2) is 140 Å². The Morgan fingerprint density at radius 3 is 1.00 bits per heavy atom. The molecule has 7 aromatic rings. The summed E-state index contributed by atoms with van der Waals surface area (Å²) >= 11 is 0. The summed E-state index contributed by atoms with van der Waals surface area (Å²) in [5.74, 6) is 4.55. The third-order valence-corrected chi connectivity index (χ3v) is 13.9. The molecule has 7 aromatic carbocycles. The molecule has 0 aliphatic rings. The molecule has 0 amide bonds. The van der Waals surface area contributed by atoms with Crippen molar-refractivity contribution in [3.8, 4) is 0 Å². The summed E-state index contributed by atoms with van der Waals surface area (Å²) in [4.78, 5) is 0. The van der Waals surface area contributed by atoms with Crippen LogP contribution in [0.5, 0.6) is 0 Å². The van der Waals surface area contributed by atoms with Gasteiger partial charge in [-0.3, -0.25) is 0 Å². The van der Waals surface area contributed by atoms with Crippen molar-refractivity contribution in [3.05, 3.63) is 245 Å². The summed E-state index contributed by atoms with van der Waals surface area (Å²) in [6.45, 7) is 57.2. The van der Waals surface area contributed by atoms with Gasteiger partial charge >= 0.3 is 0 Å². The Bertz CT molecular complexity index is 2660. The molecule has 0 atom stereocenters. The second kappa shape index (κ2) is 34.3. The smallest absolute Gasteiger partial charge is 0.0214 e. The summed E-state index contributed by atoms with van der Waals surface area (Å²) in [7, 11) is 0. The average molecular weight is 1010 g/mol. The maximum absolute atomic E-state index is 2.28. The van der Waals surface area contributed by atoms with E-state index in [1.54, 1.807) is 0 Å². The Kier molecular flexibility index (Phi) is 30.9. The lowest BCUT2D eigenvalue weighted by molar-refractivity contribution is 0.846. The monoisotopic (exact) mass is 1010 g/mol. The Hall–Kier alpha value is -5.46. The normalized spacial score (nSPS) is 10.6. The molecule has 0 heteroatoms. The lowest BCUT2D eigenvalue weighted by Gasteiger charge is -2.12. The second-order valence-electron chi connectivity index (χ2n) is 23.6. The van der Waals surface area contributed by atoms with Gasteiger partial charge < -0.3 is 0 Å². The van der Waals surface area contributed by atoms with Crippen LogP contribution in [0, 0.1) is 83.1 Å². The molecule has 0 nitrogen and oxygen atoms in total. The van der Waals surface area contributed by atoms with Crippen LogP contribution >= 0.6 is 0 Å². The number of benzene rings is 7. The quantitative estimate of drug-likeness (QED) is 0.149. The maximum Gasteiger partial charge on any atom is -0.0214 e. The van der Waals surface area contributed by atoms with E-state index in [1.165, 1.54) is 106 Å². The molecule has 0 N–H and O–H groups in total. The predicted octanol–water partition coefficient (Wildman–Crippen LogP) is 23.4. The van der Waals surface area contributed by atoms with Crippen molar-refractivity contribution >= 4 is 0 Å². The third-order valence-electron chi connectivity index (χ3n) is 13.9. The molecule has 0 saturated carbocycles. The number of rotatable bonds is 7. The van der Waals surface area contributed by atoms with Gasteiger partial charge in [-0.15, -0.1) is 0 Å². The van der Waals surface area contributed by atoms with E-state index < -0.39 is 0 Å². The van der Waals surface area contributed by atoms with E-state index in [0.29, 0.717) is 41.4 Å². The molecule has 0 heterocycles. The van der Waals surface area contributed by atoms with E-state index in [0.717, 1.165) is 0 Å². The van der Waals surface area contributed by atoms with Gasteiger partial charge in [-0.1, -0.05) is 264 Å². The van der Waals surface area contributed by atoms with Gasteiger partial charge in [0.25, 0.3) is 0 Å². The largest absolute Gasteiger partial charge is 0.0620 e. The van der Waals surface area contributed by atoms with Crippen molar-refractivity contribution in [1.82, 2.24) is 0 Å². The minimum Gasteiger partial charge on any atom is -0.0620 e. The van der Waals surface area contributed by atoms with Crippen LogP contribution in [0.1, 0.15) is 244 Å². The van der Waals surface area contributed by atoms with E-state index in [2.05, 4.69) is 320 Å². The molecule has 0 aromatic heterocycles. The lowest BCUT2D eigenvalue weighted by Crippen LogP contribution is -1.94. The van der Waals surface area contributed by atoms with Gasteiger partial charge in [0, 0.05) is 0 Å². The highest BCUT2D eigenvalue weighted by molar-refractivity contribution is 5.37. The Morgan fingerprint density at radius 1 is 0.213 bits per heavy atom. The van der Waals surface area contributed by atoms with Crippen LogP contribution in [0.2, 0.25) is 0 Å². The highest BCUT2D eigenvalue weighted by Crippen LogP contribution is 2.25. The summed E-state index contributed by atoms with van der Waals surface area (Å²) in [6, 6.07) is 50.3. The SMILES string of the molecule is Cc1cc(C)cc(C(C)C)c1.Cc1ccc(C(C)C)c(C)c1.Cc1ccc(C)c(C(C)C)c1.Cc1cccc(C(C)C)c1.Cc1cccc(C(C)C)c1C.Cc1cccc(C)c1C(C)C.Cc1ccccc1C(C)C. The first-order valence-corrected chi connectivity index (χ1v) is 28.4.